The Morgan fingerprint density at radius 1 is 1.15 bits per heavy atom. The van der Waals surface area contributed by atoms with Crippen molar-refractivity contribution >= 4 is 17.6 Å². The highest BCUT2D eigenvalue weighted by molar-refractivity contribution is 5.84. The average molecular weight is 355 g/mol. The number of carbonyl (C=O) groups excluding carboxylic acids is 2. The highest BCUT2D eigenvalue weighted by Crippen LogP contribution is 2.19. The Labute approximate surface area is 151 Å². The summed E-state index contributed by atoms with van der Waals surface area (Å²) in [6, 6.07) is 3.75. The van der Waals surface area contributed by atoms with Crippen LogP contribution in [0.3, 0.4) is 0 Å². The number of amides is 2. The van der Waals surface area contributed by atoms with Gasteiger partial charge in [-0.25, -0.2) is 14.6 Å². The van der Waals surface area contributed by atoms with E-state index in [9.17, 15) is 9.59 Å². The van der Waals surface area contributed by atoms with Crippen LogP contribution in [0.2, 0.25) is 0 Å². The van der Waals surface area contributed by atoms with E-state index in [4.69, 9.17) is 0 Å². The third kappa shape index (κ3) is 3.37. The third-order valence-corrected chi connectivity index (χ3v) is 4.91. The maximum atomic E-state index is 12.6. The Balaban J connectivity index is 1.37. The summed E-state index contributed by atoms with van der Waals surface area (Å²) in [5, 5.41) is 6.97. The minimum absolute atomic E-state index is 0.0376. The van der Waals surface area contributed by atoms with Gasteiger partial charge in [0.25, 0.3) is 0 Å². The lowest BCUT2D eigenvalue weighted by Gasteiger charge is -2.37. The van der Waals surface area contributed by atoms with E-state index >= 15 is 0 Å². The van der Waals surface area contributed by atoms with Crippen molar-refractivity contribution in [2.24, 2.45) is 5.92 Å². The van der Waals surface area contributed by atoms with Gasteiger partial charge in [-0.3, -0.25) is 9.59 Å². The lowest BCUT2D eigenvalue weighted by atomic mass is 9.97. The van der Waals surface area contributed by atoms with E-state index < -0.39 is 0 Å². The number of piperazine rings is 1. The van der Waals surface area contributed by atoms with E-state index in [0.717, 1.165) is 24.7 Å². The molecule has 0 bridgehead atoms. The van der Waals surface area contributed by atoms with Crippen molar-refractivity contribution in [2.75, 3.05) is 37.6 Å². The fourth-order valence-electron chi connectivity index (χ4n) is 3.40. The van der Waals surface area contributed by atoms with Crippen molar-refractivity contribution in [1.29, 1.82) is 0 Å². The summed E-state index contributed by atoms with van der Waals surface area (Å²) in [5.74, 6) is 1.64. The molecule has 2 fully saturated rings. The van der Waals surface area contributed by atoms with Gasteiger partial charge in [-0.15, -0.1) is 0 Å². The zero-order chi connectivity index (χ0) is 17.9. The number of rotatable bonds is 3. The topological polar surface area (TPSA) is 96.3 Å². The van der Waals surface area contributed by atoms with Crippen molar-refractivity contribution in [2.45, 2.75) is 12.8 Å². The molecule has 0 spiro atoms. The van der Waals surface area contributed by atoms with Gasteiger partial charge in [0.05, 0.1) is 5.92 Å². The summed E-state index contributed by atoms with van der Waals surface area (Å²) in [6.45, 7) is 3.21. The van der Waals surface area contributed by atoms with Crippen molar-refractivity contribution in [3.8, 4) is 5.82 Å². The smallest absolute Gasteiger partial charge is 0.227 e. The molecule has 4 rings (SSSR count). The molecule has 9 heteroatoms. The van der Waals surface area contributed by atoms with Crippen LogP contribution in [0.1, 0.15) is 12.8 Å². The van der Waals surface area contributed by atoms with Crippen LogP contribution in [0, 0.1) is 5.92 Å². The van der Waals surface area contributed by atoms with E-state index in [1.54, 1.807) is 10.9 Å². The second-order valence-corrected chi connectivity index (χ2v) is 6.54. The molecule has 0 aliphatic carbocycles. The second-order valence-electron chi connectivity index (χ2n) is 6.54. The number of carbonyl (C=O) groups is 2. The molecule has 136 valence electrons. The molecular weight excluding hydrogens is 334 g/mol. The Kier molecular flexibility index (Phi) is 4.51. The Morgan fingerprint density at radius 3 is 2.65 bits per heavy atom. The molecule has 0 saturated carbocycles. The summed E-state index contributed by atoms with van der Waals surface area (Å²) in [7, 11) is 0. The molecule has 2 aliphatic rings. The molecule has 1 atom stereocenters. The maximum Gasteiger partial charge on any atom is 0.227 e. The van der Waals surface area contributed by atoms with Crippen molar-refractivity contribution < 1.29 is 9.59 Å². The summed E-state index contributed by atoms with van der Waals surface area (Å²) in [4.78, 5) is 36.6. The fourth-order valence-corrected chi connectivity index (χ4v) is 3.40. The number of aromatic nitrogens is 4. The van der Waals surface area contributed by atoms with Crippen molar-refractivity contribution in [3.63, 3.8) is 0 Å². The largest absolute Gasteiger partial charge is 0.355 e. The van der Waals surface area contributed by atoms with Gasteiger partial charge < -0.3 is 15.1 Å². The standard InChI is InChI=1S/C17H21N7O2/c25-16-3-2-13(11-18-16)17(26)23-8-6-22(7-9-23)14-10-15(20-12-19-14)24-5-1-4-21-24/h1,4-5,10,12-13H,2-3,6-9,11H2,(H,18,25). The zero-order valence-electron chi connectivity index (χ0n) is 14.4. The first-order valence-electron chi connectivity index (χ1n) is 8.83. The van der Waals surface area contributed by atoms with Crippen LogP contribution in [-0.2, 0) is 9.59 Å². The zero-order valence-corrected chi connectivity index (χ0v) is 14.4. The normalized spacial score (nSPS) is 20.8. The highest BCUT2D eigenvalue weighted by Gasteiger charge is 2.30. The Hall–Kier alpha value is -2.97. The maximum absolute atomic E-state index is 12.6. The average Bonchev–Trinajstić information content (AvgIpc) is 3.23. The molecule has 4 heterocycles. The molecule has 2 aromatic heterocycles. The first kappa shape index (κ1) is 16.5. The van der Waals surface area contributed by atoms with Crippen LogP contribution in [0.4, 0.5) is 5.82 Å². The van der Waals surface area contributed by atoms with Gasteiger partial charge >= 0.3 is 0 Å². The summed E-state index contributed by atoms with van der Waals surface area (Å²) in [6.07, 6.45) is 6.16. The SMILES string of the molecule is O=C1CCC(C(=O)N2CCN(c3cc(-n4cccn4)ncn3)CC2)CN1. The van der Waals surface area contributed by atoms with Gasteiger partial charge in [0.15, 0.2) is 5.82 Å². The molecular formula is C17H21N7O2. The lowest BCUT2D eigenvalue weighted by molar-refractivity contribution is -0.137. The molecule has 2 saturated heterocycles. The second kappa shape index (κ2) is 7.11. The number of hydrogen-bond donors (Lipinski definition) is 1. The van der Waals surface area contributed by atoms with Crippen LogP contribution >= 0.6 is 0 Å². The minimum Gasteiger partial charge on any atom is -0.355 e. The van der Waals surface area contributed by atoms with Crippen LogP contribution in [-0.4, -0.2) is 69.2 Å². The minimum atomic E-state index is -0.0929. The number of nitrogens with zero attached hydrogens (tertiary/aromatic N) is 6. The lowest BCUT2D eigenvalue weighted by Crippen LogP contribution is -2.52. The van der Waals surface area contributed by atoms with Crippen molar-refractivity contribution in [1.82, 2.24) is 30.0 Å². The number of anilines is 1. The number of piperidine rings is 1. The van der Waals surface area contributed by atoms with Gasteiger partial charge in [0.1, 0.15) is 12.1 Å². The van der Waals surface area contributed by atoms with E-state index in [1.807, 2.05) is 23.2 Å². The highest BCUT2D eigenvalue weighted by atomic mass is 16.2. The number of hydrogen-bond acceptors (Lipinski definition) is 6. The molecule has 0 radical (unpaired) electrons. The van der Waals surface area contributed by atoms with Gasteiger partial charge in [-0.2, -0.15) is 5.10 Å². The van der Waals surface area contributed by atoms with Gasteiger partial charge in [0.2, 0.25) is 11.8 Å². The molecule has 1 unspecified atom stereocenters. The molecule has 2 amide bonds. The Bertz CT molecular complexity index is 774. The van der Waals surface area contributed by atoms with Crippen molar-refractivity contribution in [3.05, 3.63) is 30.9 Å². The van der Waals surface area contributed by atoms with E-state index in [-0.39, 0.29) is 17.7 Å². The molecule has 26 heavy (non-hydrogen) atoms. The fraction of sp³-hybridized carbons (Fsp3) is 0.471. The first-order valence-corrected chi connectivity index (χ1v) is 8.83. The van der Waals surface area contributed by atoms with Crippen LogP contribution in [0.15, 0.2) is 30.9 Å². The molecule has 1 N–H and O–H groups in total. The van der Waals surface area contributed by atoms with E-state index in [2.05, 4.69) is 25.3 Å². The summed E-state index contributed by atoms with van der Waals surface area (Å²) < 4.78 is 1.70. The predicted molar refractivity (Wildman–Crippen MR) is 93.7 cm³/mol. The Morgan fingerprint density at radius 2 is 1.96 bits per heavy atom. The summed E-state index contributed by atoms with van der Waals surface area (Å²) in [5.41, 5.74) is 0. The van der Waals surface area contributed by atoms with Gasteiger partial charge in [-0.05, 0) is 12.5 Å². The molecule has 2 aromatic rings. The van der Waals surface area contributed by atoms with E-state index in [0.29, 0.717) is 32.5 Å². The monoisotopic (exact) mass is 355 g/mol. The van der Waals surface area contributed by atoms with Crippen LogP contribution in [0.5, 0.6) is 0 Å². The molecule has 0 aromatic carbocycles. The molecule has 9 nitrogen and oxygen atoms in total. The third-order valence-electron chi connectivity index (χ3n) is 4.91. The number of nitrogens with one attached hydrogen (secondary N) is 1. The predicted octanol–water partition coefficient (Wildman–Crippen LogP) is -0.163. The van der Waals surface area contributed by atoms with Crippen LogP contribution in [0.25, 0.3) is 5.82 Å². The summed E-state index contributed by atoms with van der Waals surface area (Å²) >= 11 is 0. The van der Waals surface area contributed by atoms with Crippen LogP contribution < -0.4 is 10.2 Å². The molecule has 2 aliphatic heterocycles. The quantitative estimate of drug-likeness (QED) is 0.822. The van der Waals surface area contributed by atoms with Gasteiger partial charge in [0, 0.05) is 57.6 Å². The van der Waals surface area contributed by atoms with E-state index in [1.165, 1.54) is 6.33 Å². The van der Waals surface area contributed by atoms with Gasteiger partial charge in [-0.1, -0.05) is 0 Å². The first-order chi connectivity index (χ1) is 12.7.